The SMILES string of the molecule is CCC(CNC(=O)Nc1ccccc1COC)C(=O)O. The maximum atomic E-state index is 11.8. The lowest BCUT2D eigenvalue weighted by molar-refractivity contribution is -0.141. The Labute approximate surface area is 118 Å². The van der Waals surface area contributed by atoms with Gasteiger partial charge in [-0.1, -0.05) is 25.1 Å². The molecule has 0 heterocycles. The summed E-state index contributed by atoms with van der Waals surface area (Å²) in [4.78, 5) is 22.6. The first kappa shape index (κ1) is 16.0. The Morgan fingerprint density at radius 1 is 1.35 bits per heavy atom. The van der Waals surface area contributed by atoms with E-state index in [2.05, 4.69) is 10.6 Å². The van der Waals surface area contributed by atoms with E-state index >= 15 is 0 Å². The molecule has 1 unspecified atom stereocenters. The van der Waals surface area contributed by atoms with Gasteiger partial charge in [-0.25, -0.2) is 4.79 Å². The maximum absolute atomic E-state index is 11.8. The molecule has 0 spiro atoms. The molecule has 0 saturated heterocycles. The van der Waals surface area contributed by atoms with Crippen molar-refractivity contribution in [3.8, 4) is 0 Å². The summed E-state index contributed by atoms with van der Waals surface area (Å²) in [6, 6.07) is 6.86. The van der Waals surface area contributed by atoms with Crippen LogP contribution in [0.25, 0.3) is 0 Å². The number of rotatable bonds is 7. The predicted molar refractivity (Wildman–Crippen MR) is 75.6 cm³/mol. The summed E-state index contributed by atoms with van der Waals surface area (Å²) >= 11 is 0. The fourth-order valence-electron chi connectivity index (χ4n) is 1.71. The number of nitrogens with one attached hydrogen (secondary N) is 2. The Balaban J connectivity index is 2.56. The van der Waals surface area contributed by atoms with Crippen molar-refractivity contribution in [2.24, 2.45) is 5.92 Å². The van der Waals surface area contributed by atoms with Crippen LogP contribution in [0.3, 0.4) is 0 Å². The summed E-state index contributed by atoms with van der Waals surface area (Å²) in [6.07, 6.45) is 0.468. The van der Waals surface area contributed by atoms with Gasteiger partial charge >= 0.3 is 12.0 Å². The molecule has 20 heavy (non-hydrogen) atoms. The lowest BCUT2D eigenvalue weighted by atomic mass is 10.1. The third-order valence-electron chi connectivity index (χ3n) is 2.92. The van der Waals surface area contributed by atoms with Crippen molar-refractivity contribution < 1.29 is 19.4 Å². The predicted octanol–water partition coefficient (Wildman–Crippen LogP) is 2.07. The van der Waals surface area contributed by atoms with E-state index in [4.69, 9.17) is 9.84 Å². The van der Waals surface area contributed by atoms with Crippen LogP contribution < -0.4 is 10.6 Å². The minimum atomic E-state index is -0.910. The van der Waals surface area contributed by atoms with Crippen LogP contribution in [0.4, 0.5) is 10.5 Å². The number of aliphatic carboxylic acids is 1. The van der Waals surface area contributed by atoms with Crippen molar-refractivity contribution in [1.82, 2.24) is 5.32 Å². The van der Waals surface area contributed by atoms with Gasteiger partial charge in [0.1, 0.15) is 0 Å². The molecule has 110 valence electrons. The van der Waals surface area contributed by atoms with Gasteiger partial charge in [0.2, 0.25) is 0 Å². The number of anilines is 1. The van der Waals surface area contributed by atoms with Crippen LogP contribution in [0.5, 0.6) is 0 Å². The number of hydrogen-bond donors (Lipinski definition) is 3. The molecule has 0 aliphatic rings. The number of carboxylic acids is 1. The third kappa shape index (κ3) is 4.89. The van der Waals surface area contributed by atoms with Crippen molar-refractivity contribution in [3.05, 3.63) is 29.8 Å². The van der Waals surface area contributed by atoms with Crippen molar-refractivity contribution in [2.75, 3.05) is 19.0 Å². The van der Waals surface area contributed by atoms with Crippen LogP contribution in [0, 0.1) is 5.92 Å². The molecule has 6 nitrogen and oxygen atoms in total. The Morgan fingerprint density at radius 2 is 2.05 bits per heavy atom. The molecule has 1 atom stereocenters. The minimum absolute atomic E-state index is 0.101. The van der Waals surface area contributed by atoms with Gasteiger partial charge in [-0.15, -0.1) is 0 Å². The number of methoxy groups -OCH3 is 1. The summed E-state index contributed by atoms with van der Waals surface area (Å²) < 4.78 is 5.05. The Morgan fingerprint density at radius 3 is 2.65 bits per heavy atom. The first-order chi connectivity index (χ1) is 9.58. The van der Waals surface area contributed by atoms with Crippen LogP contribution in [0.1, 0.15) is 18.9 Å². The van der Waals surface area contributed by atoms with Crippen LogP contribution in [-0.2, 0) is 16.1 Å². The topological polar surface area (TPSA) is 87.7 Å². The van der Waals surface area contributed by atoms with Crippen LogP contribution in [-0.4, -0.2) is 30.8 Å². The summed E-state index contributed by atoms with van der Waals surface area (Å²) in [5, 5.41) is 14.2. The minimum Gasteiger partial charge on any atom is -0.481 e. The molecule has 1 aromatic rings. The average molecular weight is 280 g/mol. The average Bonchev–Trinajstić information content (AvgIpc) is 2.41. The molecule has 2 amide bonds. The second-order valence-electron chi connectivity index (χ2n) is 4.37. The fraction of sp³-hybridized carbons (Fsp3) is 0.429. The quantitative estimate of drug-likeness (QED) is 0.713. The Hall–Kier alpha value is -2.08. The monoisotopic (exact) mass is 280 g/mol. The van der Waals surface area contributed by atoms with Gasteiger partial charge in [0, 0.05) is 24.9 Å². The lowest BCUT2D eigenvalue weighted by Crippen LogP contribution is -2.35. The normalized spacial score (nSPS) is 11.7. The number of carbonyl (C=O) groups excluding carboxylic acids is 1. The van der Waals surface area contributed by atoms with Gasteiger partial charge < -0.3 is 20.5 Å². The van der Waals surface area contributed by atoms with Gasteiger partial charge in [0.05, 0.1) is 12.5 Å². The van der Waals surface area contributed by atoms with Crippen molar-refractivity contribution in [2.45, 2.75) is 20.0 Å². The highest BCUT2D eigenvalue weighted by Gasteiger charge is 2.16. The molecule has 0 aliphatic heterocycles. The number of ether oxygens (including phenoxy) is 1. The first-order valence-corrected chi connectivity index (χ1v) is 6.43. The molecular formula is C14H20N2O4. The molecule has 1 rings (SSSR count). The zero-order valence-electron chi connectivity index (χ0n) is 11.7. The second kappa shape index (κ2) is 8.16. The van der Waals surface area contributed by atoms with Crippen molar-refractivity contribution >= 4 is 17.7 Å². The van der Waals surface area contributed by atoms with Gasteiger partial charge in [-0.05, 0) is 12.5 Å². The van der Waals surface area contributed by atoms with Gasteiger partial charge in [0.25, 0.3) is 0 Å². The zero-order chi connectivity index (χ0) is 15.0. The Kier molecular flexibility index (Phi) is 6.52. The highest BCUT2D eigenvalue weighted by molar-refractivity contribution is 5.90. The van der Waals surface area contributed by atoms with Crippen LogP contribution >= 0.6 is 0 Å². The molecule has 1 aromatic carbocycles. The van der Waals surface area contributed by atoms with E-state index in [1.165, 1.54) is 0 Å². The molecule has 0 fully saturated rings. The standard InChI is InChI=1S/C14H20N2O4/c1-3-10(13(17)18)8-15-14(19)16-12-7-5-4-6-11(12)9-20-2/h4-7,10H,3,8-9H2,1-2H3,(H,17,18)(H2,15,16,19). The maximum Gasteiger partial charge on any atom is 0.319 e. The fourth-order valence-corrected chi connectivity index (χ4v) is 1.71. The number of hydrogen-bond acceptors (Lipinski definition) is 3. The van der Waals surface area contributed by atoms with Crippen molar-refractivity contribution in [3.63, 3.8) is 0 Å². The number of carboxylic acid groups (broad SMARTS) is 1. The van der Waals surface area contributed by atoms with E-state index in [0.717, 1.165) is 5.56 Å². The van der Waals surface area contributed by atoms with Gasteiger partial charge in [0.15, 0.2) is 0 Å². The number of para-hydroxylation sites is 1. The number of urea groups is 1. The molecule has 0 bridgehead atoms. The highest BCUT2D eigenvalue weighted by Crippen LogP contribution is 2.15. The number of amides is 2. The first-order valence-electron chi connectivity index (χ1n) is 6.43. The number of benzene rings is 1. The molecule has 0 radical (unpaired) electrons. The molecule has 6 heteroatoms. The number of carbonyl (C=O) groups is 2. The molecule has 3 N–H and O–H groups in total. The lowest BCUT2D eigenvalue weighted by Gasteiger charge is -2.13. The smallest absolute Gasteiger partial charge is 0.319 e. The van der Waals surface area contributed by atoms with Crippen LogP contribution in [0.2, 0.25) is 0 Å². The Bertz CT molecular complexity index is 462. The van der Waals surface area contributed by atoms with Crippen LogP contribution in [0.15, 0.2) is 24.3 Å². The molecule has 0 aliphatic carbocycles. The van der Waals surface area contributed by atoms with E-state index in [1.54, 1.807) is 26.2 Å². The summed E-state index contributed by atoms with van der Waals surface area (Å²) in [6.45, 7) is 2.26. The largest absolute Gasteiger partial charge is 0.481 e. The molecule has 0 saturated carbocycles. The van der Waals surface area contributed by atoms with E-state index in [0.29, 0.717) is 18.7 Å². The van der Waals surface area contributed by atoms with E-state index in [1.807, 2.05) is 12.1 Å². The molecular weight excluding hydrogens is 260 g/mol. The van der Waals surface area contributed by atoms with Crippen molar-refractivity contribution in [1.29, 1.82) is 0 Å². The zero-order valence-corrected chi connectivity index (χ0v) is 11.7. The van der Waals surface area contributed by atoms with E-state index in [-0.39, 0.29) is 6.54 Å². The summed E-state index contributed by atoms with van der Waals surface area (Å²) in [5.41, 5.74) is 1.51. The van der Waals surface area contributed by atoms with E-state index < -0.39 is 17.9 Å². The summed E-state index contributed by atoms with van der Waals surface area (Å²) in [5.74, 6) is -1.48. The highest BCUT2D eigenvalue weighted by atomic mass is 16.5. The molecule has 0 aromatic heterocycles. The summed E-state index contributed by atoms with van der Waals surface area (Å²) in [7, 11) is 1.58. The van der Waals surface area contributed by atoms with Gasteiger partial charge in [-0.2, -0.15) is 0 Å². The second-order valence-corrected chi connectivity index (χ2v) is 4.37. The van der Waals surface area contributed by atoms with Gasteiger partial charge in [-0.3, -0.25) is 4.79 Å². The third-order valence-corrected chi connectivity index (χ3v) is 2.92. The van der Waals surface area contributed by atoms with E-state index in [9.17, 15) is 9.59 Å².